The number of piperidine rings is 1. The molecule has 0 atom stereocenters. The number of aryl methyl sites for hydroxylation is 1. The third-order valence-corrected chi connectivity index (χ3v) is 8.15. The van der Waals surface area contributed by atoms with Gasteiger partial charge in [0.1, 0.15) is 0 Å². The highest BCUT2D eigenvalue weighted by molar-refractivity contribution is 7.97. The maximum absolute atomic E-state index is 6.52. The Hall–Kier alpha value is -0.570. The number of fused-ring (bicyclic) bond motifs is 2. The van der Waals surface area contributed by atoms with Crippen molar-refractivity contribution >= 4 is 34.9 Å². The first-order valence-corrected chi connectivity index (χ1v) is 12.1. The van der Waals surface area contributed by atoms with Crippen LogP contribution in [0.3, 0.4) is 0 Å². The topological polar surface area (TPSA) is 42.3 Å². The lowest BCUT2D eigenvalue weighted by Crippen LogP contribution is -2.49. The van der Waals surface area contributed by atoms with Crippen molar-refractivity contribution < 1.29 is 4.74 Å². The van der Waals surface area contributed by atoms with E-state index in [2.05, 4.69) is 40.8 Å². The van der Waals surface area contributed by atoms with Gasteiger partial charge in [-0.2, -0.15) is 5.10 Å². The Bertz CT molecular complexity index is 811. The van der Waals surface area contributed by atoms with Crippen molar-refractivity contribution in [3.63, 3.8) is 0 Å². The molecule has 0 saturated carbocycles. The Kier molecular flexibility index (Phi) is 6.12. The van der Waals surface area contributed by atoms with E-state index < -0.39 is 0 Å². The van der Waals surface area contributed by atoms with Crippen LogP contribution < -0.4 is 4.72 Å². The fourth-order valence-corrected chi connectivity index (χ4v) is 6.14. The number of aromatic nitrogens is 2. The molecule has 154 valence electrons. The summed E-state index contributed by atoms with van der Waals surface area (Å²) in [6.45, 7) is 9.25. The van der Waals surface area contributed by atoms with Crippen molar-refractivity contribution in [3.05, 3.63) is 38.8 Å². The molecule has 0 bridgehead atoms. The predicted molar refractivity (Wildman–Crippen MR) is 118 cm³/mol. The van der Waals surface area contributed by atoms with Crippen LogP contribution in [0.2, 0.25) is 4.34 Å². The predicted octanol–water partition coefficient (Wildman–Crippen LogP) is 4.26. The third kappa shape index (κ3) is 4.16. The molecule has 1 spiro atoms. The van der Waals surface area contributed by atoms with Gasteiger partial charge in [0.15, 0.2) is 0 Å². The second-order valence-electron chi connectivity index (χ2n) is 8.40. The van der Waals surface area contributed by atoms with Gasteiger partial charge in [0.2, 0.25) is 0 Å². The number of thiophene rings is 1. The van der Waals surface area contributed by atoms with Crippen molar-refractivity contribution in [2.24, 2.45) is 0 Å². The fourth-order valence-electron chi connectivity index (χ4n) is 4.26. The van der Waals surface area contributed by atoms with E-state index >= 15 is 0 Å². The average molecular weight is 441 g/mol. The van der Waals surface area contributed by atoms with Gasteiger partial charge in [-0.15, -0.1) is 11.3 Å². The van der Waals surface area contributed by atoms with E-state index in [1.807, 2.05) is 17.9 Å². The first kappa shape index (κ1) is 20.7. The minimum absolute atomic E-state index is 0.0513. The van der Waals surface area contributed by atoms with Crippen molar-refractivity contribution in [2.75, 3.05) is 32.5 Å². The summed E-state index contributed by atoms with van der Waals surface area (Å²) in [5, 5.41) is 4.50. The van der Waals surface area contributed by atoms with Crippen LogP contribution in [-0.4, -0.2) is 47.2 Å². The molecule has 1 saturated heterocycles. The Morgan fingerprint density at radius 3 is 2.89 bits per heavy atom. The van der Waals surface area contributed by atoms with E-state index in [1.165, 1.54) is 16.0 Å². The van der Waals surface area contributed by atoms with E-state index in [1.54, 1.807) is 23.3 Å². The molecule has 0 amide bonds. The first-order chi connectivity index (χ1) is 13.4. The summed E-state index contributed by atoms with van der Waals surface area (Å²) >= 11 is 9.85. The van der Waals surface area contributed by atoms with Gasteiger partial charge in [-0.05, 0) is 31.5 Å². The van der Waals surface area contributed by atoms with Gasteiger partial charge in [-0.3, -0.25) is 14.3 Å². The van der Waals surface area contributed by atoms with Crippen molar-refractivity contribution in [1.82, 2.24) is 19.4 Å². The average Bonchev–Trinajstić information content (AvgIpc) is 3.28. The van der Waals surface area contributed by atoms with Crippen molar-refractivity contribution in [2.45, 2.75) is 50.8 Å². The Balaban J connectivity index is 1.39. The Morgan fingerprint density at radius 2 is 2.14 bits per heavy atom. The third-order valence-electron chi connectivity index (χ3n) is 5.84. The molecule has 1 fully saturated rings. The van der Waals surface area contributed by atoms with E-state index in [0.717, 1.165) is 55.7 Å². The molecule has 2 aliphatic rings. The van der Waals surface area contributed by atoms with Crippen molar-refractivity contribution in [1.29, 1.82) is 0 Å². The monoisotopic (exact) mass is 440 g/mol. The van der Waals surface area contributed by atoms with Gasteiger partial charge in [0.25, 0.3) is 0 Å². The summed E-state index contributed by atoms with van der Waals surface area (Å²) in [5.41, 5.74) is 2.53. The smallest absolute Gasteiger partial charge is 0.0967 e. The van der Waals surface area contributed by atoms with Gasteiger partial charge < -0.3 is 4.74 Å². The highest BCUT2D eigenvalue weighted by Crippen LogP contribution is 2.51. The second kappa shape index (κ2) is 8.28. The molecule has 8 heteroatoms. The zero-order chi connectivity index (χ0) is 19.8. The minimum Gasteiger partial charge on any atom is -0.369 e. The summed E-state index contributed by atoms with van der Waals surface area (Å²) in [5.74, 6) is 1.02. The maximum atomic E-state index is 6.52. The summed E-state index contributed by atoms with van der Waals surface area (Å²) in [6, 6.07) is 2.16. The highest BCUT2D eigenvalue weighted by Gasteiger charge is 2.47. The molecule has 0 aromatic carbocycles. The molecule has 0 radical (unpaired) electrons. The summed E-state index contributed by atoms with van der Waals surface area (Å²) in [7, 11) is 1.95. The van der Waals surface area contributed by atoms with Crippen LogP contribution in [0.1, 0.15) is 42.7 Å². The maximum Gasteiger partial charge on any atom is 0.0967 e. The first-order valence-electron chi connectivity index (χ1n) is 9.88. The standard InChI is InChI=1S/C20H29ClN4OS2/c1-19(2)14-26-20(16-10-17(21)28-18(16)19)4-6-24(7-5-20)12-15-11-23-25(13-15)8-9-27-22-3/h10-11,13,22H,4-9,12,14H2,1-3H3. The molecule has 2 aromatic heterocycles. The number of ether oxygens (including phenoxy) is 1. The summed E-state index contributed by atoms with van der Waals surface area (Å²) < 4.78 is 12.5. The summed E-state index contributed by atoms with van der Waals surface area (Å²) in [6.07, 6.45) is 6.23. The van der Waals surface area contributed by atoms with E-state index in [4.69, 9.17) is 16.3 Å². The van der Waals surface area contributed by atoms with Crippen LogP contribution in [0.5, 0.6) is 0 Å². The van der Waals surface area contributed by atoms with Crippen molar-refractivity contribution in [3.8, 4) is 0 Å². The summed E-state index contributed by atoms with van der Waals surface area (Å²) in [4.78, 5) is 3.93. The molecule has 2 aromatic rings. The quantitative estimate of drug-likeness (QED) is 0.536. The fraction of sp³-hybridized carbons (Fsp3) is 0.650. The number of hydrogen-bond acceptors (Lipinski definition) is 6. The molecular weight excluding hydrogens is 412 g/mol. The van der Waals surface area contributed by atoms with Gasteiger partial charge in [0.05, 0.1) is 29.3 Å². The lowest BCUT2D eigenvalue weighted by Gasteiger charge is -2.47. The van der Waals surface area contributed by atoms with Crippen LogP contribution in [-0.2, 0) is 28.8 Å². The molecule has 5 nitrogen and oxygen atoms in total. The van der Waals surface area contributed by atoms with Gasteiger partial charge in [0, 0.05) is 47.4 Å². The second-order valence-corrected chi connectivity index (χ2v) is 11.2. The van der Waals surface area contributed by atoms with Crippen LogP contribution in [0, 0.1) is 0 Å². The Labute approximate surface area is 180 Å². The number of nitrogens with one attached hydrogen (secondary N) is 1. The van der Waals surface area contributed by atoms with E-state index in [-0.39, 0.29) is 11.0 Å². The normalized spacial score (nSPS) is 21.1. The molecule has 0 unspecified atom stereocenters. The van der Waals surface area contributed by atoms with E-state index in [0.29, 0.717) is 0 Å². The lowest BCUT2D eigenvalue weighted by atomic mass is 9.76. The van der Waals surface area contributed by atoms with Crippen LogP contribution in [0.15, 0.2) is 18.5 Å². The SMILES string of the molecule is CNSCCn1cc(CN2CCC3(CC2)OCC(C)(C)c2sc(Cl)cc23)cn1. The van der Waals surface area contributed by atoms with Crippen LogP contribution >= 0.6 is 34.9 Å². The molecule has 2 aliphatic heterocycles. The number of nitrogens with zero attached hydrogens (tertiary/aromatic N) is 3. The van der Waals surface area contributed by atoms with E-state index in [9.17, 15) is 0 Å². The molecule has 28 heavy (non-hydrogen) atoms. The largest absolute Gasteiger partial charge is 0.369 e. The zero-order valence-corrected chi connectivity index (χ0v) is 19.2. The number of likely N-dealkylation sites (tertiary alicyclic amines) is 1. The number of rotatable bonds is 6. The minimum atomic E-state index is -0.153. The lowest BCUT2D eigenvalue weighted by molar-refractivity contribution is -0.116. The van der Waals surface area contributed by atoms with Gasteiger partial charge >= 0.3 is 0 Å². The van der Waals surface area contributed by atoms with Crippen LogP contribution in [0.25, 0.3) is 0 Å². The van der Waals surface area contributed by atoms with Gasteiger partial charge in [-0.1, -0.05) is 37.4 Å². The van der Waals surface area contributed by atoms with Gasteiger partial charge in [-0.25, -0.2) is 0 Å². The molecule has 4 heterocycles. The molecule has 4 rings (SSSR count). The molecule has 1 N–H and O–H groups in total. The number of hydrogen-bond donors (Lipinski definition) is 1. The molecule has 0 aliphatic carbocycles. The number of halogens is 1. The molecular formula is C20H29ClN4OS2. The zero-order valence-electron chi connectivity index (χ0n) is 16.8. The highest BCUT2D eigenvalue weighted by atomic mass is 35.5. The van der Waals surface area contributed by atoms with Crippen LogP contribution in [0.4, 0.5) is 0 Å². The Morgan fingerprint density at radius 1 is 1.36 bits per heavy atom.